The molecule has 6 rings (SSSR count). The zero-order valence-electron chi connectivity index (χ0n) is 20.1. The Morgan fingerprint density at radius 2 is 1.92 bits per heavy atom. The van der Waals surface area contributed by atoms with Crippen LogP contribution in [0.1, 0.15) is 27.2 Å². The van der Waals surface area contributed by atoms with E-state index in [2.05, 4.69) is 48.4 Å². The number of halogens is 1. The number of rotatable bonds is 6. The van der Waals surface area contributed by atoms with Gasteiger partial charge in [0.15, 0.2) is 0 Å². The fraction of sp³-hybridized carbons (Fsp3) is 0.214. The number of morpholine rings is 1. The summed E-state index contributed by atoms with van der Waals surface area (Å²) in [6.07, 6.45) is 7.65. The third-order valence-electron chi connectivity index (χ3n) is 6.56. The van der Waals surface area contributed by atoms with E-state index >= 15 is 0 Å². The van der Waals surface area contributed by atoms with Crippen molar-refractivity contribution in [2.75, 3.05) is 31.2 Å². The van der Waals surface area contributed by atoms with Gasteiger partial charge in [-0.2, -0.15) is 0 Å². The second-order valence-corrected chi connectivity index (χ2v) is 9.50. The number of anilines is 1. The molecule has 37 heavy (non-hydrogen) atoms. The molecule has 9 heteroatoms. The van der Waals surface area contributed by atoms with Crippen LogP contribution in [0.4, 0.5) is 5.69 Å². The van der Waals surface area contributed by atoms with Gasteiger partial charge in [-0.05, 0) is 47.5 Å². The molecule has 0 bridgehead atoms. The highest BCUT2D eigenvalue weighted by molar-refractivity contribution is 6.35. The third kappa shape index (κ3) is 5.12. The van der Waals surface area contributed by atoms with Crippen molar-refractivity contribution in [2.45, 2.75) is 13.0 Å². The summed E-state index contributed by atoms with van der Waals surface area (Å²) in [6, 6.07) is 13.9. The molecule has 0 unspecified atom stereocenters. The second kappa shape index (κ2) is 10.2. The summed E-state index contributed by atoms with van der Waals surface area (Å²) in [5.74, 6) is -0.165. The van der Waals surface area contributed by atoms with Crippen molar-refractivity contribution >= 4 is 45.1 Å². The lowest BCUT2D eigenvalue weighted by Crippen LogP contribution is -2.36. The van der Waals surface area contributed by atoms with Crippen molar-refractivity contribution in [2.24, 2.45) is 0 Å². The molecule has 1 fully saturated rings. The van der Waals surface area contributed by atoms with Gasteiger partial charge in [-0.25, -0.2) is 4.98 Å². The number of pyridine rings is 3. The SMILES string of the molecule is O=C(NCc1cnc2[nH]cc(Cl)c2c1)c1ccnc(Cc2ccc3ncc(N4CCOCC4)cc3c2)c1. The maximum atomic E-state index is 12.9. The Morgan fingerprint density at radius 1 is 1.03 bits per heavy atom. The fourth-order valence-electron chi connectivity index (χ4n) is 4.59. The number of carbonyl (C=O) groups excluding carboxylic acids is 1. The highest BCUT2D eigenvalue weighted by Gasteiger charge is 2.13. The van der Waals surface area contributed by atoms with E-state index < -0.39 is 0 Å². The van der Waals surface area contributed by atoms with Crippen LogP contribution in [-0.2, 0) is 17.7 Å². The third-order valence-corrected chi connectivity index (χ3v) is 6.87. The molecule has 1 aromatic carbocycles. The number of carbonyl (C=O) groups is 1. The molecule has 0 spiro atoms. The minimum Gasteiger partial charge on any atom is -0.378 e. The first-order valence-electron chi connectivity index (χ1n) is 12.2. The molecule has 5 aromatic rings. The lowest BCUT2D eigenvalue weighted by atomic mass is 10.0. The predicted molar refractivity (Wildman–Crippen MR) is 144 cm³/mol. The van der Waals surface area contributed by atoms with Gasteiger partial charge in [-0.1, -0.05) is 17.7 Å². The van der Waals surface area contributed by atoms with Crippen LogP contribution >= 0.6 is 11.6 Å². The Morgan fingerprint density at radius 3 is 2.81 bits per heavy atom. The average Bonchev–Trinajstić information content (AvgIpc) is 3.31. The number of benzene rings is 1. The van der Waals surface area contributed by atoms with E-state index in [1.807, 2.05) is 24.4 Å². The minimum atomic E-state index is -0.165. The van der Waals surface area contributed by atoms with Gasteiger partial charge in [-0.15, -0.1) is 0 Å². The Kier molecular flexibility index (Phi) is 6.42. The lowest BCUT2D eigenvalue weighted by Gasteiger charge is -2.28. The van der Waals surface area contributed by atoms with Gasteiger partial charge in [0.25, 0.3) is 5.91 Å². The molecule has 186 valence electrons. The summed E-state index contributed by atoms with van der Waals surface area (Å²) in [6.45, 7) is 3.57. The van der Waals surface area contributed by atoms with Gasteiger partial charge in [0.05, 0.1) is 35.6 Å². The molecule has 4 aromatic heterocycles. The monoisotopic (exact) mass is 512 g/mol. The Bertz CT molecular complexity index is 1590. The molecule has 0 saturated carbocycles. The van der Waals surface area contributed by atoms with E-state index in [1.54, 1.807) is 24.7 Å². The zero-order chi connectivity index (χ0) is 25.2. The van der Waals surface area contributed by atoms with Crippen LogP contribution in [0.25, 0.3) is 21.9 Å². The molecule has 5 heterocycles. The quantitative estimate of drug-likeness (QED) is 0.347. The largest absolute Gasteiger partial charge is 0.378 e. The van der Waals surface area contributed by atoms with Gasteiger partial charge >= 0.3 is 0 Å². The summed E-state index contributed by atoms with van der Waals surface area (Å²) >= 11 is 6.19. The Hall–Kier alpha value is -4.01. The first-order valence-corrected chi connectivity index (χ1v) is 12.6. The van der Waals surface area contributed by atoms with Gasteiger partial charge < -0.3 is 19.9 Å². The molecule has 1 aliphatic rings. The lowest BCUT2D eigenvalue weighted by molar-refractivity contribution is 0.0950. The van der Waals surface area contributed by atoms with E-state index in [4.69, 9.17) is 16.3 Å². The normalized spacial score (nSPS) is 13.8. The van der Waals surface area contributed by atoms with E-state index in [-0.39, 0.29) is 5.91 Å². The Balaban J connectivity index is 1.15. The van der Waals surface area contributed by atoms with E-state index in [1.165, 1.54) is 0 Å². The highest BCUT2D eigenvalue weighted by atomic mass is 35.5. The molecule has 1 saturated heterocycles. The van der Waals surface area contributed by atoms with E-state index in [0.717, 1.165) is 70.7 Å². The predicted octanol–water partition coefficient (Wildman–Crippen LogP) is 4.52. The number of aromatic amines is 1. The zero-order valence-corrected chi connectivity index (χ0v) is 20.8. The molecular weight excluding hydrogens is 488 g/mol. The number of nitrogens with zero attached hydrogens (tertiary/aromatic N) is 4. The molecule has 0 aliphatic carbocycles. The Labute approximate surface area is 218 Å². The average molecular weight is 513 g/mol. The van der Waals surface area contributed by atoms with Crippen LogP contribution in [0, 0.1) is 0 Å². The number of H-pyrrole nitrogens is 1. The van der Waals surface area contributed by atoms with E-state index in [0.29, 0.717) is 23.6 Å². The first kappa shape index (κ1) is 23.4. The maximum absolute atomic E-state index is 12.9. The van der Waals surface area contributed by atoms with E-state index in [9.17, 15) is 4.79 Å². The number of aromatic nitrogens is 4. The molecule has 2 N–H and O–H groups in total. The molecule has 0 radical (unpaired) electrons. The van der Waals surface area contributed by atoms with Crippen molar-refractivity contribution in [3.63, 3.8) is 0 Å². The number of nitrogens with one attached hydrogen (secondary N) is 2. The van der Waals surface area contributed by atoms with Crippen molar-refractivity contribution in [1.82, 2.24) is 25.3 Å². The molecular formula is C28H25ClN6O2. The first-order chi connectivity index (χ1) is 18.1. The molecule has 1 aliphatic heterocycles. The van der Waals surface area contributed by atoms with Crippen molar-refractivity contribution in [3.8, 4) is 0 Å². The van der Waals surface area contributed by atoms with Crippen molar-refractivity contribution < 1.29 is 9.53 Å². The topological polar surface area (TPSA) is 96.0 Å². The van der Waals surface area contributed by atoms with Crippen LogP contribution in [0.2, 0.25) is 5.02 Å². The number of hydrogen-bond acceptors (Lipinski definition) is 6. The van der Waals surface area contributed by atoms with Crippen LogP contribution in [0.5, 0.6) is 0 Å². The van der Waals surface area contributed by atoms with Crippen LogP contribution < -0.4 is 10.2 Å². The number of ether oxygens (including phenoxy) is 1. The van der Waals surface area contributed by atoms with Crippen LogP contribution in [0.3, 0.4) is 0 Å². The summed E-state index contributed by atoms with van der Waals surface area (Å²) in [5, 5.41) is 5.49. The summed E-state index contributed by atoms with van der Waals surface area (Å²) in [7, 11) is 0. The fourth-order valence-corrected chi connectivity index (χ4v) is 4.79. The second-order valence-electron chi connectivity index (χ2n) is 9.09. The van der Waals surface area contributed by atoms with Crippen LogP contribution in [-0.4, -0.2) is 52.1 Å². The summed E-state index contributed by atoms with van der Waals surface area (Å²) in [4.78, 5) is 31.7. The van der Waals surface area contributed by atoms with Gasteiger partial charge in [0, 0.05) is 66.7 Å². The van der Waals surface area contributed by atoms with Gasteiger partial charge in [-0.3, -0.25) is 14.8 Å². The number of hydrogen-bond donors (Lipinski definition) is 2. The molecule has 8 nitrogen and oxygen atoms in total. The van der Waals surface area contributed by atoms with Crippen molar-refractivity contribution in [3.05, 3.63) is 94.7 Å². The molecule has 0 atom stereocenters. The van der Waals surface area contributed by atoms with Crippen molar-refractivity contribution in [1.29, 1.82) is 0 Å². The van der Waals surface area contributed by atoms with Gasteiger partial charge in [0.2, 0.25) is 0 Å². The summed E-state index contributed by atoms with van der Waals surface area (Å²) in [5.41, 5.74) is 6.16. The smallest absolute Gasteiger partial charge is 0.251 e. The maximum Gasteiger partial charge on any atom is 0.251 e. The standard InChI is InChI=1S/C28H25ClN6O2/c29-25-17-33-27-24(25)11-19(14-32-27)15-34-28(36)20-3-4-30-22(12-20)10-18-1-2-26-21(9-18)13-23(16-31-26)35-5-7-37-8-6-35/h1-4,9,11-14,16-17H,5-8,10,15H2,(H,32,33)(H,34,36). The minimum absolute atomic E-state index is 0.165. The highest BCUT2D eigenvalue weighted by Crippen LogP contribution is 2.24. The summed E-state index contributed by atoms with van der Waals surface area (Å²) < 4.78 is 5.47. The number of amides is 1. The number of fused-ring (bicyclic) bond motifs is 2. The molecule has 1 amide bonds. The van der Waals surface area contributed by atoms with Crippen LogP contribution in [0.15, 0.2) is 67.3 Å². The van der Waals surface area contributed by atoms with Gasteiger partial charge in [0.1, 0.15) is 5.65 Å².